The first-order chi connectivity index (χ1) is 15.3. The molecule has 3 heterocycles. The van der Waals surface area contributed by atoms with Gasteiger partial charge in [0.1, 0.15) is 11.4 Å². The number of pyridine rings is 1. The molecule has 0 aromatic carbocycles. The van der Waals surface area contributed by atoms with Crippen LogP contribution in [0.5, 0.6) is 5.88 Å². The van der Waals surface area contributed by atoms with Crippen LogP contribution in [0.2, 0.25) is 5.02 Å². The van der Waals surface area contributed by atoms with Gasteiger partial charge in [0.05, 0.1) is 11.6 Å². The minimum Gasteiger partial charge on any atom is -0.477 e. The Kier molecular flexibility index (Phi) is 8.42. The first-order valence-electron chi connectivity index (χ1n) is 11.4. The molecule has 0 radical (unpaired) electrons. The number of carbonyl (C=O) groups is 2. The SMILES string of the molecule is CCOc1nc(N)c(Cl)cc1C(=O)NC1CCN(CC2CCN(C(=O)N(C)C)CC2)CC1. The maximum Gasteiger partial charge on any atom is 0.319 e. The number of nitrogens with one attached hydrogen (secondary N) is 1. The van der Waals surface area contributed by atoms with Crippen molar-refractivity contribution in [1.29, 1.82) is 0 Å². The average Bonchev–Trinajstić information content (AvgIpc) is 2.77. The Morgan fingerprint density at radius 3 is 2.47 bits per heavy atom. The predicted molar refractivity (Wildman–Crippen MR) is 125 cm³/mol. The summed E-state index contributed by atoms with van der Waals surface area (Å²) in [7, 11) is 3.60. The Labute approximate surface area is 195 Å². The van der Waals surface area contributed by atoms with Crippen LogP contribution in [0, 0.1) is 5.92 Å². The molecule has 2 saturated heterocycles. The van der Waals surface area contributed by atoms with E-state index in [0.29, 0.717) is 18.1 Å². The molecule has 9 nitrogen and oxygen atoms in total. The number of urea groups is 1. The van der Waals surface area contributed by atoms with Crippen molar-refractivity contribution in [2.45, 2.75) is 38.6 Å². The van der Waals surface area contributed by atoms with Crippen LogP contribution < -0.4 is 15.8 Å². The van der Waals surface area contributed by atoms with Gasteiger partial charge >= 0.3 is 6.03 Å². The van der Waals surface area contributed by atoms with E-state index in [1.54, 1.807) is 19.0 Å². The zero-order chi connectivity index (χ0) is 23.3. The molecule has 2 aliphatic heterocycles. The fourth-order valence-corrected chi connectivity index (χ4v) is 4.52. The van der Waals surface area contributed by atoms with Crippen molar-refractivity contribution in [1.82, 2.24) is 25.0 Å². The van der Waals surface area contributed by atoms with Gasteiger partial charge in [-0.25, -0.2) is 4.79 Å². The maximum absolute atomic E-state index is 12.8. The van der Waals surface area contributed by atoms with Crippen molar-refractivity contribution in [3.8, 4) is 5.88 Å². The van der Waals surface area contributed by atoms with E-state index in [2.05, 4.69) is 15.2 Å². The van der Waals surface area contributed by atoms with E-state index in [0.717, 1.165) is 58.4 Å². The Morgan fingerprint density at radius 1 is 1.22 bits per heavy atom. The number of hydrogen-bond acceptors (Lipinski definition) is 6. The molecule has 0 saturated carbocycles. The van der Waals surface area contributed by atoms with Gasteiger partial charge in [0.15, 0.2) is 0 Å². The summed E-state index contributed by atoms with van der Waals surface area (Å²) in [5, 5.41) is 3.34. The molecule has 0 spiro atoms. The number of anilines is 1. The highest BCUT2D eigenvalue weighted by molar-refractivity contribution is 6.33. The lowest BCUT2D eigenvalue weighted by molar-refractivity contribution is 0.0886. The van der Waals surface area contributed by atoms with E-state index in [9.17, 15) is 9.59 Å². The van der Waals surface area contributed by atoms with Gasteiger partial charge in [0, 0.05) is 52.9 Å². The van der Waals surface area contributed by atoms with Crippen molar-refractivity contribution in [2.24, 2.45) is 5.92 Å². The third-order valence-corrected chi connectivity index (χ3v) is 6.50. The van der Waals surface area contributed by atoms with Crippen molar-refractivity contribution in [3.63, 3.8) is 0 Å². The van der Waals surface area contributed by atoms with E-state index in [4.69, 9.17) is 22.1 Å². The van der Waals surface area contributed by atoms with Gasteiger partial charge in [0.2, 0.25) is 5.88 Å². The number of carbonyl (C=O) groups excluding carboxylic acids is 2. The van der Waals surface area contributed by atoms with Crippen LogP contribution >= 0.6 is 11.6 Å². The normalized spacial score (nSPS) is 18.4. The number of rotatable bonds is 6. The summed E-state index contributed by atoms with van der Waals surface area (Å²) in [5.74, 6) is 0.739. The molecular weight excluding hydrogens is 432 g/mol. The molecule has 2 aliphatic rings. The molecule has 3 amide bonds. The molecule has 1 aromatic heterocycles. The second-order valence-corrected chi connectivity index (χ2v) is 9.20. The summed E-state index contributed by atoms with van der Waals surface area (Å²) >= 11 is 6.07. The fraction of sp³-hybridized carbons (Fsp3) is 0.682. The molecule has 3 rings (SSSR count). The highest BCUT2D eigenvalue weighted by Gasteiger charge is 2.28. The van der Waals surface area contributed by atoms with E-state index in [-0.39, 0.29) is 34.7 Å². The zero-order valence-electron chi connectivity index (χ0n) is 19.3. The fourth-order valence-electron chi connectivity index (χ4n) is 4.37. The van der Waals surface area contributed by atoms with Crippen molar-refractivity contribution in [2.75, 3.05) is 59.2 Å². The van der Waals surface area contributed by atoms with Gasteiger partial charge in [-0.15, -0.1) is 0 Å². The van der Waals surface area contributed by atoms with Gasteiger partial charge in [-0.05, 0) is 44.6 Å². The summed E-state index contributed by atoms with van der Waals surface area (Å²) in [6.45, 7) is 6.81. The molecule has 0 aliphatic carbocycles. The highest BCUT2D eigenvalue weighted by atomic mass is 35.5. The first kappa shape index (κ1) is 24.4. The van der Waals surface area contributed by atoms with E-state index < -0.39 is 0 Å². The molecule has 0 unspecified atom stereocenters. The lowest BCUT2D eigenvalue weighted by Gasteiger charge is -2.38. The summed E-state index contributed by atoms with van der Waals surface area (Å²) in [4.78, 5) is 35.1. The minimum atomic E-state index is -0.237. The number of hydrogen-bond donors (Lipinski definition) is 2. The number of likely N-dealkylation sites (tertiary alicyclic amines) is 2. The maximum atomic E-state index is 12.8. The molecular formula is C22H35ClN6O3. The third kappa shape index (κ3) is 6.16. The number of nitrogens with two attached hydrogens (primary N) is 1. The van der Waals surface area contributed by atoms with Crippen LogP contribution in [0.25, 0.3) is 0 Å². The number of aromatic nitrogens is 1. The largest absolute Gasteiger partial charge is 0.477 e. The van der Waals surface area contributed by atoms with Crippen LogP contribution in [0.3, 0.4) is 0 Å². The second kappa shape index (κ2) is 11.0. The summed E-state index contributed by atoms with van der Waals surface area (Å²) in [6, 6.07) is 1.72. The number of nitrogen functional groups attached to an aromatic ring is 1. The Balaban J connectivity index is 1.45. The summed E-state index contributed by atoms with van der Waals surface area (Å²) in [5.41, 5.74) is 6.06. The molecule has 32 heavy (non-hydrogen) atoms. The first-order valence-corrected chi connectivity index (χ1v) is 11.7. The molecule has 1 aromatic rings. The molecule has 2 fully saturated rings. The van der Waals surface area contributed by atoms with Gasteiger partial charge < -0.3 is 30.5 Å². The lowest BCUT2D eigenvalue weighted by atomic mass is 9.95. The lowest BCUT2D eigenvalue weighted by Crippen LogP contribution is -2.48. The summed E-state index contributed by atoms with van der Waals surface area (Å²) < 4.78 is 5.47. The van der Waals surface area contributed by atoms with Crippen molar-refractivity contribution in [3.05, 3.63) is 16.7 Å². The smallest absolute Gasteiger partial charge is 0.319 e. The topological polar surface area (TPSA) is 104 Å². The minimum absolute atomic E-state index is 0.101. The highest BCUT2D eigenvalue weighted by Crippen LogP contribution is 2.26. The van der Waals surface area contributed by atoms with E-state index >= 15 is 0 Å². The molecule has 0 atom stereocenters. The monoisotopic (exact) mass is 466 g/mol. The number of amides is 3. The van der Waals surface area contributed by atoms with Crippen LogP contribution in [0.4, 0.5) is 10.6 Å². The van der Waals surface area contributed by atoms with Crippen molar-refractivity contribution >= 4 is 29.4 Å². The Bertz CT molecular complexity index is 805. The van der Waals surface area contributed by atoms with Crippen LogP contribution in [-0.4, -0.2) is 91.1 Å². The number of ether oxygens (including phenoxy) is 1. The van der Waals surface area contributed by atoms with Gasteiger partial charge in [-0.1, -0.05) is 11.6 Å². The number of nitrogens with zero attached hydrogens (tertiary/aromatic N) is 4. The van der Waals surface area contributed by atoms with Crippen LogP contribution in [0.15, 0.2) is 6.07 Å². The predicted octanol–water partition coefficient (Wildman–Crippen LogP) is 2.30. The second-order valence-electron chi connectivity index (χ2n) is 8.80. The zero-order valence-corrected chi connectivity index (χ0v) is 20.0. The third-order valence-electron chi connectivity index (χ3n) is 6.20. The Hall–Kier alpha value is -2.26. The van der Waals surface area contributed by atoms with E-state index in [1.165, 1.54) is 6.07 Å². The number of halogens is 1. The van der Waals surface area contributed by atoms with Gasteiger partial charge in [0.25, 0.3) is 5.91 Å². The van der Waals surface area contributed by atoms with Crippen LogP contribution in [-0.2, 0) is 0 Å². The van der Waals surface area contributed by atoms with E-state index in [1.807, 2.05) is 11.8 Å². The van der Waals surface area contributed by atoms with Crippen molar-refractivity contribution < 1.29 is 14.3 Å². The Morgan fingerprint density at radius 2 is 1.88 bits per heavy atom. The quantitative estimate of drug-likeness (QED) is 0.666. The molecule has 0 bridgehead atoms. The van der Waals surface area contributed by atoms with Crippen LogP contribution in [0.1, 0.15) is 43.0 Å². The molecule has 178 valence electrons. The average molecular weight is 467 g/mol. The number of piperidine rings is 2. The standard InChI is InChI=1S/C22H35ClN6O3/c1-4-32-21-17(13-18(23)19(24)26-21)20(30)25-16-7-9-28(10-8-16)14-15-5-11-29(12-6-15)22(31)27(2)3/h13,15-16H,4-12,14H2,1-3H3,(H2,24,26)(H,25,30). The molecule has 10 heteroatoms. The van der Waals surface area contributed by atoms with Gasteiger partial charge in [-0.2, -0.15) is 4.98 Å². The van der Waals surface area contributed by atoms with Gasteiger partial charge in [-0.3, -0.25) is 4.79 Å². The molecule has 3 N–H and O–H groups in total. The summed E-state index contributed by atoms with van der Waals surface area (Å²) in [6.07, 6.45) is 3.87.